The maximum absolute atomic E-state index is 10.8. The topological polar surface area (TPSA) is 116 Å². The van der Waals surface area contributed by atoms with Crippen molar-refractivity contribution in [1.29, 1.82) is 0 Å². The van der Waals surface area contributed by atoms with Gasteiger partial charge in [0, 0.05) is 11.5 Å². The van der Waals surface area contributed by atoms with Crippen LogP contribution in [0.1, 0.15) is 5.82 Å². The van der Waals surface area contributed by atoms with E-state index in [2.05, 4.69) is 19.4 Å². The molecule has 1 aromatic heterocycles. The summed E-state index contributed by atoms with van der Waals surface area (Å²) in [5.41, 5.74) is 10.2. The first-order valence-corrected chi connectivity index (χ1v) is 3.93. The Morgan fingerprint density at radius 2 is 2.38 bits per heavy atom. The van der Waals surface area contributed by atoms with Crippen LogP contribution in [0, 0.1) is 0 Å². The Morgan fingerprint density at radius 1 is 1.69 bits per heavy atom. The Morgan fingerprint density at radius 3 is 2.77 bits per heavy atom. The second kappa shape index (κ2) is 3.81. The van der Waals surface area contributed by atoms with E-state index in [1.54, 1.807) is 0 Å². The number of amides is 1. The fourth-order valence-corrected chi connectivity index (χ4v) is 1.05. The van der Waals surface area contributed by atoms with Gasteiger partial charge in [0.2, 0.25) is 11.5 Å². The largest absolute Gasteiger partial charge is 0.398 e. The maximum Gasteiger partial charge on any atom is 0.274 e. The Bertz CT molecular complexity index is 346. The van der Waals surface area contributed by atoms with E-state index in [0.717, 1.165) is 11.5 Å². The number of nitrogens with zero attached hydrogens (tertiary/aromatic N) is 3. The lowest BCUT2D eigenvalue weighted by molar-refractivity contribution is -0.112. The van der Waals surface area contributed by atoms with Crippen molar-refractivity contribution in [3.8, 4) is 0 Å². The normalized spacial score (nSPS) is 11.3. The maximum atomic E-state index is 10.8. The first-order valence-electron chi connectivity index (χ1n) is 3.15. The molecule has 13 heavy (non-hydrogen) atoms. The third-order valence-corrected chi connectivity index (χ3v) is 1.61. The molecule has 0 saturated heterocycles. The number of nitrogens with two attached hydrogens (primary N) is 2. The summed E-state index contributed by atoms with van der Waals surface area (Å²) < 4.78 is 3.75. The smallest absolute Gasteiger partial charge is 0.274 e. The lowest BCUT2D eigenvalue weighted by Crippen LogP contribution is -2.25. The van der Waals surface area contributed by atoms with Crippen molar-refractivity contribution in [3.63, 3.8) is 0 Å². The highest BCUT2D eigenvalue weighted by atomic mass is 32.1. The summed E-state index contributed by atoms with van der Waals surface area (Å²) >= 11 is 0.948. The molecule has 0 aliphatic rings. The predicted octanol–water partition coefficient (Wildman–Crippen LogP) is -1.04. The summed E-state index contributed by atoms with van der Waals surface area (Å²) in [4.78, 5) is 18.9. The van der Waals surface area contributed by atoms with Crippen molar-refractivity contribution in [2.45, 2.75) is 0 Å². The molecule has 1 aromatic rings. The SMILES string of the molecule is CO/N=C(\C(N)=O)c1nsc(N)n1. The third-order valence-electron chi connectivity index (χ3n) is 1.07. The number of rotatable bonds is 3. The predicted molar refractivity (Wildman–Crippen MR) is 47.1 cm³/mol. The van der Waals surface area contributed by atoms with Crippen molar-refractivity contribution in [1.82, 2.24) is 9.36 Å². The van der Waals surface area contributed by atoms with Crippen LogP contribution in [-0.4, -0.2) is 28.1 Å². The standard InChI is InChI=1S/C5H7N5O2S/c1-12-9-2(3(6)11)4-8-5(7)13-10-4/h1H3,(H2,6,11)(H2,7,8,10)/b9-2+. The van der Waals surface area contributed by atoms with E-state index in [1.165, 1.54) is 7.11 Å². The van der Waals surface area contributed by atoms with Crippen molar-refractivity contribution in [2.24, 2.45) is 10.9 Å². The minimum atomic E-state index is -0.764. The van der Waals surface area contributed by atoms with E-state index in [0.29, 0.717) is 0 Å². The molecular formula is C5H7N5O2S. The second-order valence-electron chi connectivity index (χ2n) is 1.94. The summed E-state index contributed by atoms with van der Waals surface area (Å²) in [6.45, 7) is 0. The summed E-state index contributed by atoms with van der Waals surface area (Å²) in [7, 11) is 1.29. The van der Waals surface area contributed by atoms with Gasteiger partial charge in [-0.15, -0.1) is 0 Å². The van der Waals surface area contributed by atoms with Gasteiger partial charge in [-0.3, -0.25) is 4.79 Å². The number of carbonyl (C=O) groups is 1. The highest BCUT2D eigenvalue weighted by Gasteiger charge is 2.16. The van der Waals surface area contributed by atoms with Gasteiger partial charge in [0.15, 0.2) is 5.13 Å². The zero-order chi connectivity index (χ0) is 9.84. The lowest BCUT2D eigenvalue weighted by Gasteiger charge is -1.93. The zero-order valence-electron chi connectivity index (χ0n) is 6.72. The van der Waals surface area contributed by atoms with Gasteiger partial charge < -0.3 is 16.3 Å². The van der Waals surface area contributed by atoms with Gasteiger partial charge in [-0.05, 0) is 0 Å². The van der Waals surface area contributed by atoms with Crippen molar-refractivity contribution in [2.75, 3.05) is 12.8 Å². The van der Waals surface area contributed by atoms with Gasteiger partial charge in [0.1, 0.15) is 7.11 Å². The molecule has 0 atom stereocenters. The summed E-state index contributed by atoms with van der Waals surface area (Å²) in [5, 5.41) is 3.61. The average molecular weight is 201 g/mol. The van der Waals surface area contributed by atoms with E-state index in [9.17, 15) is 4.79 Å². The Kier molecular flexibility index (Phi) is 2.75. The molecule has 1 heterocycles. The van der Waals surface area contributed by atoms with Crippen LogP contribution < -0.4 is 11.5 Å². The first kappa shape index (κ1) is 9.39. The molecule has 0 saturated carbocycles. The first-order chi connectivity index (χ1) is 6.15. The van der Waals surface area contributed by atoms with Gasteiger partial charge in [-0.25, -0.2) is 0 Å². The minimum Gasteiger partial charge on any atom is -0.398 e. The second-order valence-corrected chi connectivity index (χ2v) is 2.73. The number of carbonyl (C=O) groups excluding carboxylic acids is 1. The van der Waals surface area contributed by atoms with Crippen molar-refractivity contribution in [3.05, 3.63) is 5.82 Å². The number of nitrogen functional groups attached to an aromatic ring is 1. The van der Waals surface area contributed by atoms with Crippen molar-refractivity contribution >= 4 is 28.3 Å². The van der Waals surface area contributed by atoms with Gasteiger partial charge in [0.05, 0.1) is 0 Å². The van der Waals surface area contributed by atoms with Crippen LogP contribution in [-0.2, 0) is 9.63 Å². The van der Waals surface area contributed by atoms with Gasteiger partial charge in [0.25, 0.3) is 5.91 Å². The monoisotopic (exact) mass is 201 g/mol. The van der Waals surface area contributed by atoms with Gasteiger partial charge in [-0.2, -0.15) is 9.36 Å². The van der Waals surface area contributed by atoms with E-state index in [-0.39, 0.29) is 16.7 Å². The molecule has 7 nitrogen and oxygen atoms in total. The molecular weight excluding hydrogens is 194 g/mol. The van der Waals surface area contributed by atoms with Crippen LogP contribution in [0.25, 0.3) is 0 Å². The molecule has 0 aliphatic heterocycles. The van der Waals surface area contributed by atoms with Crippen LogP contribution in [0.5, 0.6) is 0 Å². The fourth-order valence-electron chi connectivity index (χ4n) is 0.619. The van der Waals surface area contributed by atoms with E-state index in [1.807, 2.05) is 0 Å². The molecule has 1 rings (SSSR count). The number of aromatic nitrogens is 2. The van der Waals surface area contributed by atoms with Gasteiger partial charge >= 0.3 is 0 Å². The molecule has 0 fully saturated rings. The molecule has 0 aliphatic carbocycles. The van der Waals surface area contributed by atoms with Crippen LogP contribution in [0.15, 0.2) is 5.16 Å². The Labute approximate surface area is 77.6 Å². The van der Waals surface area contributed by atoms with E-state index in [4.69, 9.17) is 11.5 Å². The molecule has 0 unspecified atom stereocenters. The molecule has 0 spiro atoms. The van der Waals surface area contributed by atoms with E-state index < -0.39 is 5.91 Å². The molecule has 70 valence electrons. The average Bonchev–Trinajstić information content (AvgIpc) is 2.46. The quantitative estimate of drug-likeness (QED) is 0.478. The number of oxime groups is 1. The Balaban J connectivity index is 3.02. The number of primary amides is 1. The summed E-state index contributed by atoms with van der Waals surface area (Å²) in [6, 6.07) is 0. The Hall–Kier alpha value is -1.70. The number of anilines is 1. The van der Waals surface area contributed by atoms with Crippen LogP contribution in [0.4, 0.5) is 5.13 Å². The minimum absolute atomic E-state index is 0.0804. The highest BCUT2D eigenvalue weighted by molar-refractivity contribution is 7.09. The number of hydrogen-bond donors (Lipinski definition) is 2. The molecule has 0 radical (unpaired) electrons. The zero-order valence-corrected chi connectivity index (χ0v) is 7.54. The third kappa shape index (κ3) is 2.12. The van der Waals surface area contributed by atoms with Crippen LogP contribution in [0.2, 0.25) is 0 Å². The van der Waals surface area contributed by atoms with Crippen LogP contribution >= 0.6 is 11.5 Å². The molecule has 1 amide bonds. The van der Waals surface area contributed by atoms with Crippen LogP contribution in [0.3, 0.4) is 0 Å². The van der Waals surface area contributed by atoms with Gasteiger partial charge in [-0.1, -0.05) is 5.16 Å². The molecule has 4 N–H and O–H groups in total. The van der Waals surface area contributed by atoms with E-state index >= 15 is 0 Å². The highest BCUT2D eigenvalue weighted by Crippen LogP contribution is 2.06. The number of hydrogen-bond acceptors (Lipinski definition) is 7. The molecule has 8 heteroatoms. The lowest BCUT2D eigenvalue weighted by atomic mass is 10.3. The molecule has 0 bridgehead atoms. The summed E-state index contributed by atoms with van der Waals surface area (Å²) in [5.74, 6) is -0.684. The summed E-state index contributed by atoms with van der Waals surface area (Å²) in [6.07, 6.45) is 0. The fraction of sp³-hybridized carbons (Fsp3) is 0.200. The molecule has 0 aromatic carbocycles. The van der Waals surface area contributed by atoms with Crippen molar-refractivity contribution < 1.29 is 9.63 Å².